The minimum Gasteiger partial charge on any atom is -0.398 e. The monoisotopic (exact) mass is 250 g/mol. The van der Waals surface area contributed by atoms with Crippen LogP contribution in [-0.4, -0.2) is 11.5 Å². The van der Waals surface area contributed by atoms with E-state index in [0.29, 0.717) is 5.56 Å². The number of hydrogen-bond acceptors (Lipinski definition) is 4. The predicted molar refractivity (Wildman–Crippen MR) is 74.6 cm³/mol. The lowest BCUT2D eigenvalue weighted by atomic mass is 9.97. The molecule has 0 saturated heterocycles. The fraction of sp³-hybridized carbons (Fsp3) is 0.200. The number of nitrogens with zero attached hydrogens (tertiary/aromatic N) is 3. The Kier molecular flexibility index (Phi) is 2.81. The van der Waals surface area contributed by atoms with Gasteiger partial charge in [0.1, 0.15) is 6.07 Å². The Morgan fingerprint density at radius 1 is 1.32 bits per heavy atom. The van der Waals surface area contributed by atoms with Gasteiger partial charge in [0, 0.05) is 25.0 Å². The van der Waals surface area contributed by atoms with Gasteiger partial charge in [0.2, 0.25) is 0 Å². The molecule has 2 heterocycles. The molecular weight excluding hydrogens is 236 g/mol. The summed E-state index contributed by atoms with van der Waals surface area (Å²) >= 11 is 0. The standard InChI is InChI=1S/C15H14N4/c16-8-12-4-6-18-9-15(12)19-7-5-11-2-1-3-14(17)13(11)10-19/h1-4,6,9H,5,7,10,17H2. The van der Waals surface area contributed by atoms with Gasteiger partial charge in [-0.2, -0.15) is 5.26 Å². The number of nitriles is 1. The van der Waals surface area contributed by atoms with E-state index < -0.39 is 0 Å². The Labute approximate surface area is 112 Å². The number of rotatable bonds is 1. The van der Waals surface area contributed by atoms with Gasteiger partial charge in [-0.25, -0.2) is 0 Å². The summed E-state index contributed by atoms with van der Waals surface area (Å²) in [7, 11) is 0. The molecule has 2 N–H and O–H groups in total. The molecule has 0 fully saturated rings. The fourth-order valence-electron chi connectivity index (χ4n) is 2.55. The second kappa shape index (κ2) is 4.62. The van der Waals surface area contributed by atoms with Crippen LogP contribution in [0.2, 0.25) is 0 Å². The quantitative estimate of drug-likeness (QED) is 0.787. The first-order valence-corrected chi connectivity index (χ1v) is 6.25. The Hall–Kier alpha value is -2.54. The molecule has 0 amide bonds. The van der Waals surface area contributed by atoms with E-state index in [1.807, 2.05) is 12.1 Å². The van der Waals surface area contributed by atoms with Gasteiger partial charge in [0.15, 0.2) is 0 Å². The molecule has 4 heteroatoms. The molecule has 19 heavy (non-hydrogen) atoms. The molecule has 1 aromatic heterocycles. The maximum absolute atomic E-state index is 9.17. The summed E-state index contributed by atoms with van der Waals surface area (Å²) in [5.41, 5.74) is 10.9. The van der Waals surface area contributed by atoms with Crippen LogP contribution in [0.1, 0.15) is 16.7 Å². The van der Waals surface area contributed by atoms with Crippen LogP contribution in [-0.2, 0) is 13.0 Å². The largest absolute Gasteiger partial charge is 0.398 e. The van der Waals surface area contributed by atoms with Crippen LogP contribution in [0.3, 0.4) is 0 Å². The van der Waals surface area contributed by atoms with E-state index in [-0.39, 0.29) is 0 Å². The van der Waals surface area contributed by atoms with Crippen LogP contribution in [0.25, 0.3) is 0 Å². The molecule has 1 aliphatic heterocycles. The van der Waals surface area contributed by atoms with Gasteiger partial charge in [0.25, 0.3) is 0 Å². The average Bonchev–Trinajstić information content (AvgIpc) is 2.47. The number of fused-ring (bicyclic) bond motifs is 1. The highest BCUT2D eigenvalue weighted by Crippen LogP contribution is 2.29. The molecule has 94 valence electrons. The van der Waals surface area contributed by atoms with Crippen molar-refractivity contribution < 1.29 is 0 Å². The summed E-state index contributed by atoms with van der Waals surface area (Å²) in [5.74, 6) is 0. The summed E-state index contributed by atoms with van der Waals surface area (Å²) in [4.78, 5) is 6.29. The van der Waals surface area contributed by atoms with E-state index in [1.54, 1.807) is 18.5 Å². The van der Waals surface area contributed by atoms with Gasteiger partial charge in [0.05, 0.1) is 17.4 Å². The Bertz CT molecular complexity index is 657. The number of pyridine rings is 1. The molecule has 0 spiro atoms. The van der Waals surface area contributed by atoms with Crippen LogP contribution < -0.4 is 10.6 Å². The lowest BCUT2D eigenvalue weighted by Gasteiger charge is -2.31. The summed E-state index contributed by atoms with van der Waals surface area (Å²) < 4.78 is 0. The lowest BCUT2D eigenvalue weighted by Crippen LogP contribution is -2.31. The molecule has 1 aromatic carbocycles. The third-order valence-electron chi connectivity index (χ3n) is 3.57. The third-order valence-corrected chi connectivity index (χ3v) is 3.57. The smallest absolute Gasteiger partial charge is 0.101 e. The normalized spacial score (nSPS) is 13.7. The van der Waals surface area contributed by atoms with Crippen molar-refractivity contribution in [2.24, 2.45) is 0 Å². The van der Waals surface area contributed by atoms with Gasteiger partial charge in [-0.1, -0.05) is 12.1 Å². The average molecular weight is 250 g/mol. The van der Waals surface area contributed by atoms with E-state index in [9.17, 15) is 0 Å². The highest BCUT2D eigenvalue weighted by atomic mass is 15.1. The summed E-state index contributed by atoms with van der Waals surface area (Å²) in [6.45, 7) is 1.62. The summed E-state index contributed by atoms with van der Waals surface area (Å²) in [5, 5.41) is 9.17. The topological polar surface area (TPSA) is 65.9 Å². The SMILES string of the molecule is N#Cc1ccncc1N1CCc2cccc(N)c2C1. The number of benzene rings is 1. The summed E-state index contributed by atoms with van der Waals surface area (Å²) in [6, 6.07) is 10.0. The molecule has 0 aliphatic carbocycles. The number of nitrogen functional groups attached to an aromatic ring is 1. The molecule has 2 aromatic rings. The van der Waals surface area contributed by atoms with Crippen molar-refractivity contribution in [3.05, 3.63) is 53.3 Å². The highest BCUT2D eigenvalue weighted by molar-refractivity contribution is 5.61. The highest BCUT2D eigenvalue weighted by Gasteiger charge is 2.20. The fourth-order valence-corrected chi connectivity index (χ4v) is 2.55. The van der Waals surface area contributed by atoms with Gasteiger partial charge in [-0.15, -0.1) is 0 Å². The van der Waals surface area contributed by atoms with Gasteiger partial charge in [-0.3, -0.25) is 4.98 Å². The van der Waals surface area contributed by atoms with Crippen molar-refractivity contribution in [2.75, 3.05) is 17.2 Å². The zero-order chi connectivity index (χ0) is 13.2. The predicted octanol–water partition coefficient (Wildman–Crippen LogP) is 2.10. The molecule has 0 unspecified atom stereocenters. The molecule has 0 saturated carbocycles. The number of aromatic nitrogens is 1. The third kappa shape index (κ3) is 2.00. The molecule has 0 atom stereocenters. The number of hydrogen-bond donors (Lipinski definition) is 1. The first kappa shape index (κ1) is 11.5. The molecule has 1 aliphatic rings. The molecule has 0 radical (unpaired) electrons. The first-order chi connectivity index (χ1) is 9.29. The van der Waals surface area contributed by atoms with E-state index in [1.165, 1.54) is 11.1 Å². The van der Waals surface area contributed by atoms with Gasteiger partial charge in [-0.05, 0) is 29.7 Å². The summed E-state index contributed by atoms with van der Waals surface area (Å²) in [6.07, 6.45) is 4.34. The maximum atomic E-state index is 9.17. The van der Waals surface area contributed by atoms with Crippen molar-refractivity contribution in [2.45, 2.75) is 13.0 Å². The second-order valence-corrected chi connectivity index (χ2v) is 4.66. The van der Waals surface area contributed by atoms with Crippen molar-refractivity contribution in [3.8, 4) is 6.07 Å². The number of anilines is 2. The maximum Gasteiger partial charge on any atom is 0.101 e. The molecular formula is C15H14N4. The van der Waals surface area contributed by atoms with Crippen molar-refractivity contribution in [1.29, 1.82) is 5.26 Å². The van der Waals surface area contributed by atoms with Crippen molar-refractivity contribution >= 4 is 11.4 Å². The molecule has 3 rings (SSSR count). The zero-order valence-electron chi connectivity index (χ0n) is 10.5. The second-order valence-electron chi connectivity index (χ2n) is 4.66. The lowest BCUT2D eigenvalue weighted by molar-refractivity contribution is 0.731. The molecule has 0 bridgehead atoms. The van der Waals surface area contributed by atoms with Crippen LogP contribution >= 0.6 is 0 Å². The van der Waals surface area contributed by atoms with Crippen LogP contribution in [0.15, 0.2) is 36.7 Å². The van der Waals surface area contributed by atoms with E-state index in [4.69, 9.17) is 11.0 Å². The van der Waals surface area contributed by atoms with Crippen LogP contribution in [0, 0.1) is 11.3 Å². The van der Waals surface area contributed by atoms with E-state index >= 15 is 0 Å². The molecule has 4 nitrogen and oxygen atoms in total. The Morgan fingerprint density at radius 3 is 3.05 bits per heavy atom. The van der Waals surface area contributed by atoms with Crippen molar-refractivity contribution in [3.63, 3.8) is 0 Å². The first-order valence-electron chi connectivity index (χ1n) is 6.25. The Morgan fingerprint density at radius 2 is 2.21 bits per heavy atom. The van der Waals surface area contributed by atoms with Gasteiger partial charge >= 0.3 is 0 Å². The zero-order valence-corrected chi connectivity index (χ0v) is 10.5. The van der Waals surface area contributed by atoms with Crippen molar-refractivity contribution in [1.82, 2.24) is 4.98 Å². The van der Waals surface area contributed by atoms with Crippen LogP contribution in [0.4, 0.5) is 11.4 Å². The van der Waals surface area contributed by atoms with Crippen LogP contribution in [0.5, 0.6) is 0 Å². The van der Waals surface area contributed by atoms with Gasteiger partial charge < -0.3 is 10.6 Å². The van der Waals surface area contributed by atoms with E-state index in [2.05, 4.69) is 22.0 Å². The minimum absolute atomic E-state index is 0.660. The number of nitrogens with two attached hydrogens (primary N) is 1. The van der Waals surface area contributed by atoms with E-state index in [0.717, 1.165) is 30.9 Å². The minimum atomic E-state index is 0.660. The Balaban J connectivity index is 1.98.